The van der Waals surface area contributed by atoms with Gasteiger partial charge in [0, 0.05) is 11.8 Å². The zero-order valence-electron chi connectivity index (χ0n) is 15.7. The van der Waals surface area contributed by atoms with Crippen LogP contribution in [0.2, 0.25) is 0 Å². The largest absolute Gasteiger partial charge is 0.493 e. The Bertz CT molecular complexity index is 795. The number of thiocarbonyl (C=S) groups is 1. The number of rotatable bonds is 8. The van der Waals surface area contributed by atoms with E-state index >= 15 is 0 Å². The van der Waals surface area contributed by atoms with Crippen LogP contribution in [0.25, 0.3) is 0 Å². The van der Waals surface area contributed by atoms with Crippen molar-refractivity contribution < 1.29 is 19.0 Å². The van der Waals surface area contributed by atoms with Gasteiger partial charge in [-0.3, -0.25) is 10.1 Å². The molecule has 0 radical (unpaired) electrons. The van der Waals surface area contributed by atoms with Gasteiger partial charge in [-0.05, 0) is 42.9 Å². The summed E-state index contributed by atoms with van der Waals surface area (Å²) in [5.41, 5.74) is 1.11. The van der Waals surface area contributed by atoms with E-state index < -0.39 is 0 Å². The van der Waals surface area contributed by atoms with Gasteiger partial charge >= 0.3 is 0 Å². The van der Waals surface area contributed by atoms with Crippen LogP contribution in [0.3, 0.4) is 0 Å². The molecule has 2 aromatic carbocycles. The molecule has 0 saturated carbocycles. The van der Waals surface area contributed by atoms with Crippen molar-refractivity contribution in [2.24, 2.45) is 0 Å². The fraction of sp³-hybridized carbons (Fsp3) is 0.300. The molecule has 27 heavy (non-hydrogen) atoms. The van der Waals surface area contributed by atoms with E-state index in [1.807, 2.05) is 6.07 Å². The van der Waals surface area contributed by atoms with Crippen LogP contribution in [0.4, 0.5) is 5.69 Å². The highest BCUT2D eigenvalue weighted by molar-refractivity contribution is 7.80. The zero-order chi connectivity index (χ0) is 19.6. The van der Waals surface area contributed by atoms with Gasteiger partial charge in [-0.15, -0.1) is 0 Å². The quantitative estimate of drug-likeness (QED) is 0.526. The van der Waals surface area contributed by atoms with Crippen LogP contribution in [-0.4, -0.2) is 31.8 Å². The Balaban J connectivity index is 2.03. The van der Waals surface area contributed by atoms with Crippen molar-refractivity contribution in [2.45, 2.75) is 19.8 Å². The van der Waals surface area contributed by atoms with Crippen molar-refractivity contribution in [1.29, 1.82) is 0 Å². The molecule has 0 fully saturated rings. The Morgan fingerprint density at radius 1 is 1.04 bits per heavy atom. The van der Waals surface area contributed by atoms with Gasteiger partial charge in [0.25, 0.3) is 5.91 Å². The molecule has 144 valence electrons. The summed E-state index contributed by atoms with van der Waals surface area (Å²) in [6.45, 7) is 2.65. The van der Waals surface area contributed by atoms with Crippen LogP contribution < -0.4 is 24.8 Å². The van der Waals surface area contributed by atoms with E-state index in [0.717, 1.165) is 12.8 Å². The minimum atomic E-state index is -0.333. The number of nitrogens with one attached hydrogen (secondary N) is 2. The van der Waals surface area contributed by atoms with E-state index in [-0.39, 0.29) is 11.0 Å². The first-order valence-electron chi connectivity index (χ1n) is 8.65. The van der Waals surface area contributed by atoms with Crippen LogP contribution in [0.5, 0.6) is 17.2 Å². The molecule has 2 aromatic rings. The number of para-hydroxylation sites is 1. The van der Waals surface area contributed by atoms with E-state index in [2.05, 4.69) is 17.6 Å². The molecule has 0 saturated heterocycles. The van der Waals surface area contributed by atoms with E-state index in [1.54, 1.807) is 50.6 Å². The number of hydrogen-bond donors (Lipinski definition) is 2. The maximum atomic E-state index is 12.6. The van der Waals surface area contributed by atoms with Crippen molar-refractivity contribution in [3.05, 3.63) is 48.0 Å². The number of benzene rings is 2. The van der Waals surface area contributed by atoms with E-state index in [1.165, 1.54) is 0 Å². The minimum Gasteiger partial charge on any atom is -0.493 e. The van der Waals surface area contributed by atoms with E-state index in [9.17, 15) is 4.79 Å². The van der Waals surface area contributed by atoms with Gasteiger partial charge in [0.1, 0.15) is 5.75 Å². The molecule has 0 unspecified atom stereocenters. The summed E-state index contributed by atoms with van der Waals surface area (Å²) in [5.74, 6) is 1.37. The number of methoxy groups -OCH3 is 2. The predicted molar refractivity (Wildman–Crippen MR) is 110 cm³/mol. The zero-order valence-corrected chi connectivity index (χ0v) is 16.5. The Labute approximate surface area is 164 Å². The summed E-state index contributed by atoms with van der Waals surface area (Å²) in [6, 6.07) is 12.4. The third-order valence-corrected chi connectivity index (χ3v) is 3.96. The summed E-state index contributed by atoms with van der Waals surface area (Å²) >= 11 is 5.25. The van der Waals surface area contributed by atoms with E-state index in [4.69, 9.17) is 26.4 Å². The van der Waals surface area contributed by atoms with Gasteiger partial charge in [-0.2, -0.15) is 0 Å². The summed E-state index contributed by atoms with van der Waals surface area (Å²) in [5, 5.41) is 5.81. The molecule has 0 aliphatic rings. The monoisotopic (exact) mass is 388 g/mol. The van der Waals surface area contributed by atoms with Gasteiger partial charge < -0.3 is 19.5 Å². The maximum absolute atomic E-state index is 12.6. The highest BCUT2D eigenvalue weighted by Gasteiger charge is 2.14. The lowest BCUT2D eigenvalue weighted by Gasteiger charge is -2.14. The summed E-state index contributed by atoms with van der Waals surface area (Å²) < 4.78 is 16.2. The topological polar surface area (TPSA) is 68.8 Å². The molecule has 0 aliphatic heterocycles. The fourth-order valence-corrected chi connectivity index (χ4v) is 2.56. The van der Waals surface area contributed by atoms with Gasteiger partial charge in [-0.25, -0.2) is 0 Å². The summed E-state index contributed by atoms with van der Waals surface area (Å²) in [7, 11) is 3.12. The van der Waals surface area contributed by atoms with Gasteiger partial charge in [0.15, 0.2) is 16.6 Å². The molecular weight excluding hydrogens is 364 g/mol. The lowest BCUT2D eigenvalue weighted by molar-refractivity contribution is 0.0973. The molecule has 6 nitrogen and oxygen atoms in total. The molecule has 0 heterocycles. The molecule has 0 bridgehead atoms. The number of carbonyl (C=O) groups excluding carboxylic acids is 1. The summed E-state index contributed by atoms with van der Waals surface area (Å²) in [6.07, 6.45) is 1.95. The number of anilines is 1. The number of hydrogen-bond acceptors (Lipinski definition) is 5. The first-order valence-corrected chi connectivity index (χ1v) is 9.06. The number of ether oxygens (including phenoxy) is 3. The number of carbonyl (C=O) groups is 1. The molecule has 0 atom stereocenters. The van der Waals surface area contributed by atoms with Gasteiger partial charge in [0.05, 0.1) is 26.4 Å². The lowest BCUT2D eigenvalue weighted by atomic mass is 10.2. The smallest absolute Gasteiger partial charge is 0.261 e. The van der Waals surface area contributed by atoms with Crippen LogP contribution >= 0.6 is 12.2 Å². The standard InChI is InChI=1S/C20H24N2O4S/c1-4-5-12-26-16-9-7-6-8-15(16)19(23)22-20(27)21-14-10-11-17(24-2)18(13-14)25-3/h6-11,13H,4-5,12H2,1-3H3,(H2,21,22,23,27). The van der Waals surface area contributed by atoms with Gasteiger partial charge in [-0.1, -0.05) is 25.5 Å². The predicted octanol–water partition coefficient (Wildman–Crippen LogP) is 4.01. The number of unbranched alkanes of at least 4 members (excludes halogenated alkanes) is 1. The highest BCUT2D eigenvalue weighted by Crippen LogP contribution is 2.29. The van der Waals surface area contributed by atoms with Crippen molar-refractivity contribution in [3.8, 4) is 17.2 Å². The van der Waals surface area contributed by atoms with Crippen LogP contribution in [0, 0.1) is 0 Å². The van der Waals surface area contributed by atoms with E-state index in [0.29, 0.717) is 35.1 Å². The van der Waals surface area contributed by atoms with Crippen LogP contribution in [0.1, 0.15) is 30.1 Å². The molecule has 0 aliphatic carbocycles. The van der Waals surface area contributed by atoms with Crippen molar-refractivity contribution >= 4 is 28.9 Å². The Morgan fingerprint density at radius 3 is 2.48 bits per heavy atom. The first kappa shape index (κ1) is 20.5. The minimum absolute atomic E-state index is 0.176. The molecular formula is C20H24N2O4S. The van der Waals surface area contributed by atoms with Crippen LogP contribution in [0.15, 0.2) is 42.5 Å². The molecule has 1 amide bonds. The Morgan fingerprint density at radius 2 is 1.78 bits per heavy atom. The molecule has 7 heteroatoms. The van der Waals surface area contributed by atoms with Crippen molar-refractivity contribution in [1.82, 2.24) is 5.32 Å². The highest BCUT2D eigenvalue weighted by atomic mass is 32.1. The second-order valence-electron chi connectivity index (χ2n) is 5.68. The lowest BCUT2D eigenvalue weighted by Crippen LogP contribution is -2.34. The second-order valence-corrected chi connectivity index (χ2v) is 6.08. The summed E-state index contributed by atoms with van der Waals surface area (Å²) in [4.78, 5) is 12.6. The third-order valence-electron chi connectivity index (χ3n) is 3.76. The Hall–Kier alpha value is -2.80. The third kappa shape index (κ3) is 5.86. The average molecular weight is 388 g/mol. The molecule has 0 aromatic heterocycles. The fourth-order valence-electron chi connectivity index (χ4n) is 2.35. The molecule has 2 rings (SSSR count). The molecule has 0 spiro atoms. The van der Waals surface area contributed by atoms with Gasteiger partial charge in [0.2, 0.25) is 0 Å². The normalized spacial score (nSPS) is 10.0. The van der Waals surface area contributed by atoms with Crippen LogP contribution in [-0.2, 0) is 0 Å². The SMILES string of the molecule is CCCCOc1ccccc1C(=O)NC(=S)Nc1ccc(OC)c(OC)c1. The average Bonchev–Trinajstić information content (AvgIpc) is 2.68. The first-order chi connectivity index (χ1) is 13.1. The Kier molecular flexibility index (Phi) is 7.88. The number of amides is 1. The second kappa shape index (κ2) is 10.4. The molecule has 2 N–H and O–H groups in total. The van der Waals surface area contributed by atoms with Crippen molar-refractivity contribution in [3.63, 3.8) is 0 Å². The maximum Gasteiger partial charge on any atom is 0.261 e. The van der Waals surface area contributed by atoms with Crippen molar-refractivity contribution in [2.75, 3.05) is 26.1 Å².